The second-order valence-corrected chi connectivity index (χ2v) is 4.50. The maximum absolute atomic E-state index is 12.6. The maximum atomic E-state index is 12.6. The predicted octanol–water partition coefficient (Wildman–Crippen LogP) is 0.168. The minimum atomic E-state index is -0.278. The van der Waals surface area contributed by atoms with Crippen LogP contribution in [0.3, 0.4) is 0 Å². The van der Waals surface area contributed by atoms with Gasteiger partial charge in [0.1, 0.15) is 0 Å². The lowest BCUT2D eigenvalue weighted by Gasteiger charge is -2.34. The summed E-state index contributed by atoms with van der Waals surface area (Å²) >= 11 is 0. The molecule has 0 bridgehead atoms. The van der Waals surface area contributed by atoms with Gasteiger partial charge in [-0.05, 0) is 12.1 Å². The molecule has 1 atom stereocenters. The predicted molar refractivity (Wildman–Crippen MR) is 67.9 cm³/mol. The Labute approximate surface area is 110 Å². The Bertz CT molecular complexity index is 596. The largest absolute Gasteiger partial charge is 0.394 e. The highest BCUT2D eigenvalue weighted by atomic mass is 16.5. The van der Waals surface area contributed by atoms with E-state index in [0.717, 1.165) is 5.52 Å². The summed E-state index contributed by atoms with van der Waals surface area (Å²) in [4.78, 5) is 14.2. The van der Waals surface area contributed by atoms with Crippen LogP contribution in [0.1, 0.15) is 10.4 Å². The number of nitrogens with zero attached hydrogens (tertiary/aromatic N) is 3. The molecule has 6 nitrogen and oxygen atoms in total. The number of aliphatic hydroxyl groups excluding tert-OH is 1. The molecule has 3 rings (SSSR count). The zero-order valence-corrected chi connectivity index (χ0v) is 10.4. The van der Waals surface area contributed by atoms with Crippen LogP contribution in [0.2, 0.25) is 0 Å². The van der Waals surface area contributed by atoms with Crippen LogP contribution < -0.4 is 0 Å². The minimum Gasteiger partial charge on any atom is -0.394 e. The quantitative estimate of drug-likeness (QED) is 0.836. The SMILES string of the molecule is O=C(c1cnn2ccccc12)N1CCOCC1CO. The number of hydrogen-bond donors (Lipinski definition) is 1. The first-order chi connectivity index (χ1) is 9.31. The van der Waals surface area contributed by atoms with Crippen molar-refractivity contribution in [3.8, 4) is 0 Å². The van der Waals surface area contributed by atoms with Gasteiger partial charge in [0, 0.05) is 12.7 Å². The van der Waals surface area contributed by atoms with Gasteiger partial charge >= 0.3 is 0 Å². The lowest BCUT2D eigenvalue weighted by molar-refractivity contribution is -0.0183. The number of ether oxygens (including phenoxy) is 1. The Balaban J connectivity index is 1.94. The van der Waals surface area contributed by atoms with Gasteiger partial charge in [-0.25, -0.2) is 4.52 Å². The summed E-state index contributed by atoms with van der Waals surface area (Å²) in [6.07, 6.45) is 3.37. The third kappa shape index (κ3) is 2.09. The van der Waals surface area contributed by atoms with Crippen LogP contribution in [-0.4, -0.2) is 57.9 Å². The first-order valence-corrected chi connectivity index (χ1v) is 6.23. The first-order valence-electron chi connectivity index (χ1n) is 6.23. The van der Waals surface area contributed by atoms with Crippen LogP contribution in [0.4, 0.5) is 0 Å². The molecule has 0 aromatic carbocycles. The third-order valence-corrected chi connectivity index (χ3v) is 3.36. The van der Waals surface area contributed by atoms with Crippen molar-refractivity contribution < 1.29 is 14.6 Å². The van der Waals surface area contributed by atoms with Gasteiger partial charge in [0.2, 0.25) is 0 Å². The van der Waals surface area contributed by atoms with Crippen LogP contribution in [0, 0.1) is 0 Å². The van der Waals surface area contributed by atoms with E-state index in [2.05, 4.69) is 5.10 Å². The van der Waals surface area contributed by atoms with E-state index in [1.807, 2.05) is 18.2 Å². The molecule has 0 radical (unpaired) electrons. The number of carbonyl (C=O) groups excluding carboxylic acids is 1. The molecular weight excluding hydrogens is 246 g/mol. The van der Waals surface area contributed by atoms with Gasteiger partial charge < -0.3 is 14.7 Å². The van der Waals surface area contributed by atoms with E-state index in [-0.39, 0.29) is 18.6 Å². The minimum absolute atomic E-state index is 0.0923. The summed E-state index contributed by atoms with van der Waals surface area (Å²) in [7, 11) is 0. The van der Waals surface area contributed by atoms with Crippen molar-refractivity contribution in [1.82, 2.24) is 14.5 Å². The number of hydrogen-bond acceptors (Lipinski definition) is 4. The normalized spacial score (nSPS) is 19.8. The fraction of sp³-hybridized carbons (Fsp3) is 0.385. The van der Waals surface area contributed by atoms with Gasteiger partial charge in [-0.1, -0.05) is 6.07 Å². The van der Waals surface area contributed by atoms with E-state index >= 15 is 0 Å². The van der Waals surface area contributed by atoms with Crippen LogP contribution in [0.25, 0.3) is 5.52 Å². The fourth-order valence-corrected chi connectivity index (χ4v) is 2.33. The Kier molecular flexibility index (Phi) is 3.18. The van der Waals surface area contributed by atoms with Gasteiger partial charge in [-0.15, -0.1) is 0 Å². The molecule has 6 heteroatoms. The molecular formula is C13H15N3O3. The van der Waals surface area contributed by atoms with Crippen LogP contribution in [-0.2, 0) is 4.74 Å². The van der Waals surface area contributed by atoms with Crippen molar-refractivity contribution >= 4 is 11.4 Å². The highest BCUT2D eigenvalue weighted by Gasteiger charge is 2.29. The average molecular weight is 261 g/mol. The lowest BCUT2D eigenvalue weighted by atomic mass is 10.1. The van der Waals surface area contributed by atoms with E-state index in [9.17, 15) is 9.90 Å². The molecule has 2 aromatic rings. The first kappa shape index (κ1) is 12.1. The number of carbonyl (C=O) groups is 1. The molecule has 0 saturated carbocycles. The molecule has 1 saturated heterocycles. The topological polar surface area (TPSA) is 67.1 Å². The van der Waals surface area contributed by atoms with Crippen molar-refractivity contribution in [2.45, 2.75) is 6.04 Å². The van der Waals surface area contributed by atoms with Crippen molar-refractivity contribution in [2.24, 2.45) is 0 Å². The molecule has 100 valence electrons. The van der Waals surface area contributed by atoms with E-state index in [1.165, 1.54) is 0 Å². The Morgan fingerprint density at radius 3 is 3.26 bits per heavy atom. The number of aromatic nitrogens is 2. The maximum Gasteiger partial charge on any atom is 0.258 e. The molecule has 1 amide bonds. The van der Waals surface area contributed by atoms with Gasteiger partial charge in [0.15, 0.2) is 0 Å². The Morgan fingerprint density at radius 2 is 2.42 bits per heavy atom. The summed E-state index contributed by atoms with van der Waals surface area (Å²) in [5.74, 6) is -0.108. The number of morpholine rings is 1. The Hall–Kier alpha value is -1.92. The molecule has 2 aromatic heterocycles. The summed E-state index contributed by atoms with van der Waals surface area (Å²) in [5.41, 5.74) is 1.33. The summed E-state index contributed by atoms with van der Waals surface area (Å²) in [6.45, 7) is 1.28. The highest BCUT2D eigenvalue weighted by molar-refractivity contribution is 6.00. The molecule has 19 heavy (non-hydrogen) atoms. The van der Waals surface area contributed by atoms with Gasteiger partial charge in [-0.2, -0.15) is 5.10 Å². The smallest absolute Gasteiger partial charge is 0.258 e. The lowest BCUT2D eigenvalue weighted by Crippen LogP contribution is -2.50. The van der Waals surface area contributed by atoms with Crippen molar-refractivity contribution in [2.75, 3.05) is 26.4 Å². The van der Waals surface area contributed by atoms with E-state index in [0.29, 0.717) is 25.3 Å². The zero-order valence-electron chi connectivity index (χ0n) is 10.4. The van der Waals surface area contributed by atoms with Gasteiger partial charge in [0.05, 0.1) is 43.1 Å². The standard InChI is InChI=1S/C13H15N3O3/c17-8-10-9-19-6-5-15(10)13(18)11-7-14-16-4-2-1-3-12(11)16/h1-4,7,10,17H,5-6,8-9H2. The van der Waals surface area contributed by atoms with Crippen LogP contribution in [0.15, 0.2) is 30.6 Å². The zero-order chi connectivity index (χ0) is 13.2. The molecule has 1 aliphatic rings. The molecule has 0 aliphatic carbocycles. The molecule has 1 unspecified atom stereocenters. The van der Waals surface area contributed by atoms with E-state index < -0.39 is 0 Å². The summed E-state index contributed by atoms with van der Waals surface area (Å²) in [5, 5.41) is 13.5. The number of rotatable bonds is 2. The van der Waals surface area contributed by atoms with Crippen LogP contribution >= 0.6 is 0 Å². The number of aliphatic hydroxyl groups is 1. The van der Waals surface area contributed by atoms with Gasteiger partial charge in [0.25, 0.3) is 5.91 Å². The fourth-order valence-electron chi connectivity index (χ4n) is 2.33. The van der Waals surface area contributed by atoms with Crippen molar-refractivity contribution in [3.05, 3.63) is 36.2 Å². The van der Waals surface area contributed by atoms with E-state index in [1.54, 1.807) is 21.8 Å². The molecule has 0 spiro atoms. The second kappa shape index (κ2) is 4.99. The van der Waals surface area contributed by atoms with Gasteiger partial charge in [-0.3, -0.25) is 4.79 Å². The monoisotopic (exact) mass is 261 g/mol. The number of fused-ring (bicyclic) bond motifs is 1. The average Bonchev–Trinajstić information content (AvgIpc) is 2.90. The van der Waals surface area contributed by atoms with Crippen molar-refractivity contribution in [1.29, 1.82) is 0 Å². The third-order valence-electron chi connectivity index (χ3n) is 3.36. The molecule has 3 heterocycles. The highest BCUT2D eigenvalue weighted by Crippen LogP contribution is 2.16. The van der Waals surface area contributed by atoms with Crippen LogP contribution in [0.5, 0.6) is 0 Å². The molecule has 1 aliphatic heterocycles. The number of pyridine rings is 1. The van der Waals surface area contributed by atoms with E-state index in [4.69, 9.17) is 4.74 Å². The van der Waals surface area contributed by atoms with Crippen molar-refractivity contribution in [3.63, 3.8) is 0 Å². The molecule has 1 fully saturated rings. The number of amides is 1. The molecule has 1 N–H and O–H groups in total. The Morgan fingerprint density at radius 1 is 1.53 bits per heavy atom. The summed E-state index contributed by atoms with van der Waals surface area (Å²) in [6, 6.07) is 5.31. The summed E-state index contributed by atoms with van der Waals surface area (Å²) < 4.78 is 6.95. The second-order valence-electron chi connectivity index (χ2n) is 4.50.